The summed E-state index contributed by atoms with van der Waals surface area (Å²) in [7, 11) is 1.80. The predicted octanol–water partition coefficient (Wildman–Crippen LogP) is 11.0. The fourth-order valence-corrected chi connectivity index (χ4v) is 13.4. The lowest BCUT2D eigenvalue weighted by atomic mass is 9.67. The van der Waals surface area contributed by atoms with Gasteiger partial charge in [-0.3, -0.25) is 14.2 Å². The number of amides is 1. The predicted molar refractivity (Wildman–Crippen MR) is 265 cm³/mol. The van der Waals surface area contributed by atoms with Crippen LogP contribution in [0.3, 0.4) is 0 Å². The molecule has 4 fully saturated rings. The molecule has 14 heteroatoms. The van der Waals surface area contributed by atoms with Gasteiger partial charge >= 0.3 is 0 Å². The van der Waals surface area contributed by atoms with Gasteiger partial charge in [-0.1, -0.05) is 11.6 Å². The summed E-state index contributed by atoms with van der Waals surface area (Å²) in [5.41, 5.74) is 10.3. The second-order valence-corrected chi connectivity index (χ2v) is 21.5. The number of hydrogen-bond acceptors (Lipinski definition) is 8. The number of nitriles is 1. The van der Waals surface area contributed by atoms with Crippen molar-refractivity contribution in [3.63, 3.8) is 0 Å². The van der Waals surface area contributed by atoms with E-state index in [0.29, 0.717) is 58.2 Å². The molecule has 11 rings (SSSR count). The van der Waals surface area contributed by atoms with Gasteiger partial charge in [0.05, 0.1) is 29.4 Å². The molecule has 1 atom stereocenters. The Kier molecular flexibility index (Phi) is 11.7. The van der Waals surface area contributed by atoms with E-state index < -0.39 is 6.43 Å². The SMILES string of the molecule is CC(=O)N1CCc2c(c(N3CCCc4cc(-c5cnn(C)c5)c(C(F)F)cc43)nn2C2CCC3(CC2)CCN(c2ccc(N4CCC5(CC4)C[C@H](C)N(c4ccc(C#N)c(Cl)c4)C5)cc2)CC3)C1. The first-order valence-electron chi connectivity index (χ1n) is 25.0. The lowest BCUT2D eigenvalue weighted by Gasteiger charge is -2.47. The van der Waals surface area contributed by atoms with Gasteiger partial charge in [0, 0.05) is 124 Å². The first-order valence-corrected chi connectivity index (χ1v) is 25.4. The number of rotatable bonds is 7. The molecule has 2 aromatic heterocycles. The average molecular weight is 942 g/mol. The summed E-state index contributed by atoms with van der Waals surface area (Å²) in [5.74, 6) is 0.874. The number of anilines is 5. The molecule has 3 saturated heterocycles. The van der Waals surface area contributed by atoms with Crippen LogP contribution < -0.4 is 19.6 Å². The largest absolute Gasteiger partial charge is 0.371 e. The summed E-state index contributed by atoms with van der Waals surface area (Å²) in [6.07, 6.45) is 13.6. The van der Waals surface area contributed by atoms with Gasteiger partial charge in [-0.2, -0.15) is 15.5 Å². The number of piperidine rings is 2. The molecule has 5 aromatic rings. The molecule has 0 N–H and O–H groups in total. The standard InChI is InChI=1S/C54H63ClF2N10O/c1-36-30-54(35-66(36)44-7-6-39(31-58)48(55)28-44)19-25-63(26-20-54)42-10-8-41(9-11-42)62-23-17-53(18-24-62)15-12-43(13-16-53)67-49-14-22-64(37(2)68)34-47(49)52(60-67)65-21-4-5-38-27-45(40-32-59-61(3)33-40)46(51(56)57)29-50(38)65/h6-11,27-29,32-33,36,43,51H,4-5,12-26,30,34-35H2,1-3H3/t36-/m0/s1. The minimum absolute atomic E-state index is 0.00914. The third kappa shape index (κ3) is 8.18. The number of hydrogen-bond donors (Lipinski definition) is 0. The van der Waals surface area contributed by atoms with Gasteiger partial charge in [-0.25, -0.2) is 8.78 Å². The molecule has 5 aliphatic heterocycles. The average Bonchev–Trinajstić information content (AvgIpc) is 4.06. The van der Waals surface area contributed by atoms with Crippen LogP contribution in [-0.4, -0.2) is 82.2 Å². The van der Waals surface area contributed by atoms with Crippen LogP contribution in [0.25, 0.3) is 11.1 Å². The van der Waals surface area contributed by atoms with Crippen molar-refractivity contribution in [1.29, 1.82) is 5.26 Å². The summed E-state index contributed by atoms with van der Waals surface area (Å²) >= 11 is 6.43. The van der Waals surface area contributed by atoms with Gasteiger partial charge in [0.2, 0.25) is 5.91 Å². The number of carbonyl (C=O) groups is 1. The van der Waals surface area contributed by atoms with Crippen LogP contribution in [0.5, 0.6) is 0 Å². The van der Waals surface area contributed by atoms with E-state index in [2.05, 4.69) is 66.6 Å². The zero-order valence-corrected chi connectivity index (χ0v) is 40.5. The van der Waals surface area contributed by atoms with Crippen molar-refractivity contribution in [3.05, 3.63) is 100.0 Å². The molecule has 11 nitrogen and oxygen atoms in total. The summed E-state index contributed by atoms with van der Waals surface area (Å²) in [4.78, 5) is 24.5. The lowest BCUT2D eigenvalue weighted by Crippen LogP contribution is -2.42. The second kappa shape index (κ2) is 17.7. The number of carbonyl (C=O) groups excluding carboxylic acids is 1. The fraction of sp³-hybridized carbons (Fsp3) is 0.519. The molecule has 68 heavy (non-hydrogen) atoms. The van der Waals surface area contributed by atoms with Crippen LogP contribution in [-0.2, 0) is 31.2 Å². The van der Waals surface area contributed by atoms with Crippen LogP contribution in [0, 0.1) is 22.2 Å². The summed E-state index contributed by atoms with van der Waals surface area (Å²) in [5, 5.41) is 19.6. The van der Waals surface area contributed by atoms with Crippen molar-refractivity contribution in [1.82, 2.24) is 24.5 Å². The number of nitrogens with zero attached hydrogens (tertiary/aromatic N) is 10. The Balaban J connectivity index is 0.735. The van der Waals surface area contributed by atoms with Gasteiger partial charge in [0.15, 0.2) is 5.82 Å². The minimum Gasteiger partial charge on any atom is -0.371 e. The van der Waals surface area contributed by atoms with Gasteiger partial charge in [0.25, 0.3) is 6.43 Å². The van der Waals surface area contributed by atoms with E-state index in [1.807, 2.05) is 29.2 Å². The van der Waals surface area contributed by atoms with Crippen LogP contribution in [0.2, 0.25) is 5.02 Å². The smallest absolute Gasteiger partial charge is 0.264 e. The lowest BCUT2D eigenvalue weighted by molar-refractivity contribution is -0.129. The zero-order chi connectivity index (χ0) is 46.9. The third-order valence-electron chi connectivity index (χ3n) is 17.1. The van der Waals surface area contributed by atoms with E-state index >= 15 is 0 Å². The molecule has 356 valence electrons. The monoisotopic (exact) mass is 940 g/mol. The number of fused-ring (bicyclic) bond motifs is 2. The maximum Gasteiger partial charge on any atom is 0.264 e. The number of benzene rings is 3. The molecule has 1 amide bonds. The molecule has 0 unspecified atom stereocenters. The topological polar surface area (TPSA) is 92.7 Å². The fourth-order valence-electron chi connectivity index (χ4n) is 13.2. The van der Waals surface area contributed by atoms with E-state index in [4.69, 9.17) is 16.7 Å². The molecule has 2 spiro atoms. The number of halogens is 3. The maximum absolute atomic E-state index is 14.8. The Hall–Kier alpha value is -5.61. The zero-order valence-electron chi connectivity index (χ0n) is 39.7. The number of alkyl halides is 2. The van der Waals surface area contributed by atoms with Crippen molar-refractivity contribution in [2.45, 2.75) is 116 Å². The van der Waals surface area contributed by atoms with Gasteiger partial charge < -0.3 is 24.5 Å². The number of aromatic nitrogens is 4. The highest BCUT2D eigenvalue weighted by Crippen LogP contribution is 2.51. The molecule has 0 radical (unpaired) electrons. The second-order valence-electron chi connectivity index (χ2n) is 21.1. The van der Waals surface area contributed by atoms with E-state index in [9.17, 15) is 18.8 Å². The Morgan fingerprint density at radius 3 is 2.16 bits per heavy atom. The van der Waals surface area contributed by atoms with Crippen LogP contribution in [0.15, 0.2) is 67.0 Å². The molecule has 0 bridgehead atoms. The van der Waals surface area contributed by atoms with E-state index in [1.165, 1.54) is 62.0 Å². The van der Waals surface area contributed by atoms with Crippen LogP contribution in [0.4, 0.5) is 37.3 Å². The van der Waals surface area contributed by atoms with E-state index in [-0.39, 0.29) is 17.5 Å². The molecule has 6 aliphatic rings. The van der Waals surface area contributed by atoms with Crippen molar-refractivity contribution in [2.75, 3.05) is 65.4 Å². The third-order valence-corrected chi connectivity index (χ3v) is 17.5. The minimum atomic E-state index is -2.64. The maximum atomic E-state index is 14.8. The van der Waals surface area contributed by atoms with Crippen molar-refractivity contribution in [3.8, 4) is 17.2 Å². The normalized spacial score (nSPS) is 21.4. The highest BCUT2D eigenvalue weighted by molar-refractivity contribution is 6.32. The Morgan fingerprint density at radius 2 is 1.54 bits per heavy atom. The first kappa shape index (κ1) is 44.9. The summed E-state index contributed by atoms with van der Waals surface area (Å²) in [6.45, 7) is 11.1. The van der Waals surface area contributed by atoms with Gasteiger partial charge in [0.1, 0.15) is 6.07 Å². The highest BCUT2D eigenvalue weighted by Gasteiger charge is 2.45. The highest BCUT2D eigenvalue weighted by atomic mass is 35.5. The van der Waals surface area contributed by atoms with Gasteiger partial charge in [-0.05, 0) is 154 Å². The van der Waals surface area contributed by atoms with Crippen LogP contribution >= 0.6 is 11.6 Å². The van der Waals surface area contributed by atoms with Crippen molar-refractivity contribution < 1.29 is 13.6 Å². The van der Waals surface area contributed by atoms with E-state index in [0.717, 1.165) is 93.1 Å². The molecule has 1 saturated carbocycles. The molecular weight excluding hydrogens is 878 g/mol. The quantitative estimate of drug-likeness (QED) is 0.159. The molecular formula is C54H63ClF2N10O. The van der Waals surface area contributed by atoms with Gasteiger partial charge in [-0.15, -0.1) is 0 Å². The summed E-state index contributed by atoms with van der Waals surface area (Å²) in [6, 6.07) is 21.7. The summed E-state index contributed by atoms with van der Waals surface area (Å²) < 4.78 is 33.6. The van der Waals surface area contributed by atoms with Crippen molar-refractivity contribution in [2.24, 2.45) is 17.9 Å². The molecule has 1 aliphatic carbocycles. The molecule has 7 heterocycles. The Bertz CT molecular complexity index is 2730. The molecule has 3 aromatic carbocycles. The van der Waals surface area contributed by atoms with Crippen LogP contribution in [0.1, 0.15) is 118 Å². The van der Waals surface area contributed by atoms with E-state index in [1.54, 1.807) is 37.1 Å². The Labute approximate surface area is 404 Å². The van der Waals surface area contributed by atoms with Crippen molar-refractivity contribution >= 4 is 46.1 Å². The first-order chi connectivity index (χ1) is 32.9. The number of aryl methyl sites for hydroxylation is 2. The Morgan fingerprint density at radius 1 is 0.868 bits per heavy atom.